The molecule has 4 heteroatoms. The summed E-state index contributed by atoms with van der Waals surface area (Å²) in [6, 6.07) is 14.4. The summed E-state index contributed by atoms with van der Waals surface area (Å²) in [6.07, 6.45) is 0. The minimum atomic E-state index is -0.0903. The number of carbonyl (C=O) groups excluding carboxylic acids is 1. The Hall–Kier alpha value is -2.49. The summed E-state index contributed by atoms with van der Waals surface area (Å²) in [5.41, 5.74) is 2.56. The van der Waals surface area contributed by atoms with E-state index in [-0.39, 0.29) is 11.7 Å². The number of anilines is 1. The predicted molar refractivity (Wildman–Crippen MR) is 75.3 cm³/mol. The monoisotopic (exact) mass is 256 g/mol. The van der Waals surface area contributed by atoms with E-state index in [4.69, 9.17) is 0 Å². The van der Waals surface area contributed by atoms with Crippen molar-refractivity contribution in [3.63, 3.8) is 0 Å². The van der Waals surface area contributed by atoms with E-state index in [9.17, 15) is 9.90 Å². The maximum Gasteiger partial charge on any atom is 0.251 e. The first-order chi connectivity index (χ1) is 9.19. The molecule has 98 valence electrons. The maximum absolute atomic E-state index is 11.4. The van der Waals surface area contributed by atoms with Crippen molar-refractivity contribution in [3.05, 3.63) is 59.7 Å². The molecule has 0 aromatic heterocycles. The van der Waals surface area contributed by atoms with Crippen LogP contribution in [-0.2, 0) is 6.54 Å². The van der Waals surface area contributed by atoms with Crippen molar-refractivity contribution >= 4 is 11.6 Å². The van der Waals surface area contributed by atoms with Crippen LogP contribution < -0.4 is 10.6 Å². The lowest BCUT2D eigenvalue weighted by molar-refractivity contribution is 0.0963. The molecule has 1 amide bonds. The first-order valence-electron chi connectivity index (χ1n) is 6.03. The SMILES string of the molecule is CNC(=O)c1ccc(CNc2cccc(O)c2)cc1. The molecule has 0 aliphatic heterocycles. The molecular formula is C15H16N2O2. The van der Waals surface area contributed by atoms with Crippen LogP contribution in [0.1, 0.15) is 15.9 Å². The van der Waals surface area contributed by atoms with Crippen LogP contribution in [0.2, 0.25) is 0 Å². The normalized spacial score (nSPS) is 9.95. The van der Waals surface area contributed by atoms with Gasteiger partial charge in [0, 0.05) is 30.9 Å². The molecule has 0 spiro atoms. The Bertz CT molecular complexity index is 565. The van der Waals surface area contributed by atoms with Gasteiger partial charge in [-0.15, -0.1) is 0 Å². The highest BCUT2D eigenvalue weighted by Crippen LogP contribution is 2.16. The quantitative estimate of drug-likeness (QED) is 0.787. The molecule has 2 aromatic carbocycles. The Labute approximate surface area is 112 Å². The number of nitrogens with one attached hydrogen (secondary N) is 2. The van der Waals surface area contributed by atoms with E-state index in [1.807, 2.05) is 18.2 Å². The van der Waals surface area contributed by atoms with Gasteiger partial charge in [0.1, 0.15) is 5.75 Å². The van der Waals surface area contributed by atoms with Crippen LogP contribution >= 0.6 is 0 Å². The van der Waals surface area contributed by atoms with Gasteiger partial charge >= 0.3 is 0 Å². The first kappa shape index (κ1) is 13.0. The van der Waals surface area contributed by atoms with Gasteiger partial charge in [0.2, 0.25) is 0 Å². The molecule has 0 bridgehead atoms. The average Bonchev–Trinajstić information content (AvgIpc) is 2.45. The first-order valence-corrected chi connectivity index (χ1v) is 6.03. The van der Waals surface area contributed by atoms with E-state index < -0.39 is 0 Å². The van der Waals surface area contributed by atoms with Crippen molar-refractivity contribution in [1.29, 1.82) is 0 Å². The van der Waals surface area contributed by atoms with E-state index in [0.717, 1.165) is 11.3 Å². The van der Waals surface area contributed by atoms with Gasteiger partial charge in [-0.1, -0.05) is 18.2 Å². The zero-order chi connectivity index (χ0) is 13.7. The van der Waals surface area contributed by atoms with Gasteiger partial charge in [-0.05, 0) is 29.8 Å². The van der Waals surface area contributed by atoms with Crippen LogP contribution in [0.4, 0.5) is 5.69 Å². The van der Waals surface area contributed by atoms with Crippen LogP contribution in [0.3, 0.4) is 0 Å². The molecule has 0 atom stereocenters. The number of phenols is 1. The van der Waals surface area contributed by atoms with Crippen molar-refractivity contribution in [2.45, 2.75) is 6.54 Å². The molecule has 0 heterocycles. The number of phenolic OH excluding ortho intramolecular Hbond substituents is 1. The van der Waals surface area contributed by atoms with Crippen LogP contribution in [0.5, 0.6) is 5.75 Å². The lowest BCUT2D eigenvalue weighted by Gasteiger charge is -2.07. The standard InChI is InChI=1S/C15H16N2O2/c1-16-15(19)12-7-5-11(6-8-12)10-17-13-3-2-4-14(18)9-13/h2-9,17-18H,10H2,1H3,(H,16,19). The van der Waals surface area contributed by atoms with Crippen LogP contribution in [-0.4, -0.2) is 18.1 Å². The van der Waals surface area contributed by atoms with Crippen molar-refractivity contribution in [2.75, 3.05) is 12.4 Å². The predicted octanol–water partition coefficient (Wildman–Crippen LogP) is 2.36. The lowest BCUT2D eigenvalue weighted by Crippen LogP contribution is -2.17. The van der Waals surface area contributed by atoms with E-state index >= 15 is 0 Å². The van der Waals surface area contributed by atoms with Gasteiger partial charge in [-0.2, -0.15) is 0 Å². The highest BCUT2D eigenvalue weighted by atomic mass is 16.3. The lowest BCUT2D eigenvalue weighted by atomic mass is 10.1. The molecule has 19 heavy (non-hydrogen) atoms. The van der Waals surface area contributed by atoms with Crippen LogP contribution in [0, 0.1) is 0 Å². The molecule has 3 N–H and O–H groups in total. The van der Waals surface area contributed by atoms with E-state index in [2.05, 4.69) is 10.6 Å². The maximum atomic E-state index is 11.4. The third kappa shape index (κ3) is 3.48. The number of amides is 1. The van der Waals surface area contributed by atoms with Crippen molar-refractivity contribution in [3.8, 4) is 5.75 Å². The molecular weight excluding hydrogens is 240 g/mol. The van der Waals surface area contributed by atoms with E-state index in [0.29, 0.717) is 12.1 Å². The molecule has 0 saturated heterocycles. The summed E-state index contributed by atoms with van der Waals surface area (Å²) in [5, 5.41) is 15.1. The molecule has 0 saturated carbocycles. The Morgan fingerprint density at radius 3 is 2.53 bits per heavy atom. The topological polar surface area (TPSA) is 61.4 Å². The van der Waals surface area contributed by atoms with Crippen molar-refractivity contribution < 1.29 is 9.90 Å². The fraction of sp³-hybridized carbons (Fsp3) is 0.133. The van der Waals surface area contributed by atoms with Crippen molar-refractivity contribution in [2.24, 2.45) is 0 Å². The third-order valence-electron chi connectivity index (χ3n) is 2.79. The molecule has 0 unspecified atom stereocenters. The second-order valence-electron chi connectivity index (χ2n) is 4.18. The zero-order valence-electron chi connectivity index (χ0n) is 10.7. The molecule has 0 aliphatic rings. The Morgan fingerprint density at radius 2 is 1.89 bits per heavy atom. The summed E-state index contributed by atoms with van der Waals surface area (Å²) in [7, 11) is 1.61. The van der Waals surface area contributed by atoms with E-state index in [1.165, 1.54) is 0 Å². The Kier molecular flexibility index (Phi) is 4.03. The number of rotatable bonds is 4. The number of hydrogen-bond donors (Lipinski definition) is 3. The van der Waals surface area contributed by atoms with Gasteiger partial charge in [-0.25, -0.2) is 0 Å². The molecule has 4 nitrogen and oxygen atoms in total. The van der Waals surface area contributed by atoms with Crippen LogP contribution in [0.15, 0.2) is 48.5 Å². The molecule has 0 fully saturated rings. The largest absolute Gasteiger partial charge is 0.508 e. The fourth-order valence-electron chi connectivity index (χ4n) is 1.74. The molecule has 2 rings (SSSR count). The smallest absolute Gasteiger partial charge is 0.251 e. The zero-order valence-corrected chi connectivity index (χ0v) is 10.7. The Balaban J connectivity index is 1.98. The molecule has 0 aliphatic carbocycles. The number of carbonyl (C=O) groups is 1. The third-order valence-corrected chi connectivity index (χ3v) is 2.79. The number of aromatic hydroxyl groups is 1. The average molecular weight is 256 g/mol. The summed E-state index contributed by atoms with van der Waals surface area (Å²) in [4.78, 5) is 11.4. The summed E-state index contributed by atoms with van der Waals surface area (Å²) in [5.74, 6) is 0.146. The molecule has 0 radical (unpaired) electrons. The van der Waals surface area contributed by atoms with Gasteiger partial charge in [0.25, 0.3) is 5.91 Å². The van der Waals surface area contributed by atoms with Gasteiger partial charge in [0.05, 0.1) is 0 Å². The molecule has 2 aromatic rings. The highest BCUT2D eigenvalue weighted by molar-refractivity contribution is 5.93. The van der Waals surface area contributed by atoms with Gasteiger partial charge in [-0.3, -0.25) is 4.79 Å². The van der Waals surface area contributed by atoms with Gasteiger partial charge in [0.15, 0.2) is 0 Å². The van der Waals surface area contributed by atoms with Crippen LogP contribution in [0.25, 0.3) is 0 Å². The highest BCUT2D eigenvalue weighted by Gasteiger charge is 2.02. The summed E-state index contributed by atoms with van der Waals surface area (Å²) >= 11 is 0. The number of hydrogen-bond acceptors (Lipinski definition) is 3. The second-order valence-corrected chi connectivity index (χ2v) is 4.18. The minimum absolute atomic E-state index is 0.0903. The van der Waals surface area contributed by atoms with E-state index in [1.54, 1.807) is 37.4 Å². The Morgan fingerprint density at radius 1 is 1.16 bits per heavy atom. The fourth-order valence-corrected chi connectivity index (χ4v) is 1.74. The number of benzene rings is 2. The second kappa shape index (κ2) is 5.91. The summed E-state index contributed by atoms with van der Waals surface area (Å²) < 4.78 is 0. The summed E-state index contributed by atoms with van der Waals surface area (Å²) in [6.45, 7) is 0.636. The van der Waals surface area contributed by atoms with Gasteiger partial charge < -0.3 is 15.7 Å². The minimum Gasteiger partial charge on any atom is -0.508 e. The van der Waals surface area contributed by atoms with Crippen molar-refractivity contribution in [1.82, 2.24) is 5.32 Å².